The summed E-state index contributed by atoms with van der Waals surface area (Å²) in [5.41, 5.74) is 1.57. The molecule has 1 atom stereocenters. The molecule has 0 saturated heterocycles. The molecule has 0 heterocycles. The van der Waals surface area contributed by atoms with Crippen LogP contribution in [-0.2, 0) is 9.59 Å². The molecule has 0 spiro atoms. The second kappa shape index (κ2) is 7.29. The van der Waals surface area contributed by atoms with Gasteiger partial charge in [-0.15, -0.1) is 0 Å². The predicted molar refractivity (Wildman–Crippen MR) is 80.2 cm³/mol. The minimum absolute atomic E-state index is 0.0829. The molecule has 0 fully saturated rings. The van der Waals surface area contributed by atoms with Gasteiger partial charge in [0.25, 0.3) is 0 Å². The number of hydrogen-bond acceptors (Lipinski definition) is 2. The van der Waals surface area contributed by atoms with Crippen molar-refractivity contribution in [1.82, 2.24) is 0 Å². The molecule has 0 aliphatic carbocycles. The Kier molecular flexibility index (Phi) is 6.02. The van der Waals surface area contributed by atoms with Crippen molar-refractivity contribution >= 4 is 29.2 Å². The maximum absolute atomic E-state index is 12.2. The molecule has 1 aromatic rings. The van der Waals surface area contributed by atoms with E-state index in [1.807, 2.05) is 19.9 Å². The van der Waals surface area contributed by atoms with E-state index in [1.54, 1.807) is 19.1 Å². The van der Waals surface area contributed by atoms with E-state index in [1.165, 1.54) is 4.90 Å². The van der Waals surface area contributed by atoms with Crippen molar-refractivity contribution in [3.8, 4) is 0 Å². The average Bonchev–Trinajstić information content (AvgIpc) is 2.39. The number of carbonyl (C=O) groups is 2. The minimum Gasteiger partial charge on any atom is -0.481 e. The van der Waals surface area contributed by atoms with E-state index in [0.717, 1.165) is 12.0 Å². The smallest absolute Gasteiger partial charge is 0.308 e. The molecule has 1 unspecified atom stereocenters. The summed E-state index contributed by atoms with van der Waals surface area (Å²) in [6, 6.07) is 5.33. The van der Waals surface area contributed by atoms with Gasteiger partial charge in [0.2, 0.25) is 5.91 Å². The highest BCUT2D eigenvalue weighted by Crippen LogP contribution is 2.24. The lowest BCUT2D eigenvalue weighted by molar-refractivity contribution is -0.140. The van der Waals surface area contributed by atoms with Crippen LogP contribution in [0.4, 0.5) is 5.69 Å². The Hall–Kier alpha value is -1.55. The molecule has 4 nitrogen and oxygen atoms in total. The van der Waals surface area contributed by atoms with Gasteiger partial charge in [-0.3, -0.25) is 9.59 Å². The molecule has 0 aliphatic rings. The van der Waals surface area contributed by atoms with Crippen molar-refractivity contribution in [3.63, 3.8) is 0 Å². The number of anilines is 1. The number of rotatable bonds is 6. The van der Waals surface area contributed by atoms with E-state index in [0.29, 0.717) is 17.1 Å². The second-order valence-electron chi connectivity index (χ2n) is 4.93. The van der Waals surface area contributed by atoms with Crippen molar-refractivity contribution in [3.05, 3.63) is 28.8 Å². The van der Waals surface area contributed by atoms with E-state index < -0.39 is 11.9 Å². The molecule has 0 aliphatic heterocycles. The van der Waals surface area contributed by atoms with Gasteiger partial charge < -0.3 is 10.0 Å². The minimum atomic E-state index is -0.919. The first kappa shape index (κ1) is 16.5. The maximum atomic E-state index is 12.2. The number of aryl methyl sites for hydroxylation is 1. The van der Waals surface area contributed by atoms with E-state index >= 15 is 0 Å². The van der Waals surface area contributed by atoms with Crippen molar-refractivity contribution in [2.45, 2.75) is 33.6 Å². The molecule has 0 aromatic heterocycles. The van der Waals surface area contributed by atoms with E-state index in [-0.39, 0.29) is 12.5 Å². The highest BCUT2D eigenvalue weighted by atomic mass is 35.5. The van der Waals surface area contributed by atoms with Crippen LogP contribution in [0.15, 0.2) is 18.2 Å². The summed E-state index contributed by atoms with van der Waals surface area (Å²) in [6.45, 7) is 5.53. The molecule has 1 aromatic carbocycles. The number of carboxylic acids is 1. The Balaban J connectivity index is 3.05. The normalized spacial score (nSPS) is 12.0. The molecule has 0 saturated carbocycles. The molecule has 1 rings (SSSR count). The van der Waals surface area contributed by atoms with E-state index in [4.69, 9.17) is 16.7 Å². The Labute approximate surface area is 124 Å². The molecule has 0 bridgehead atoms. The van der Waals surface area contributed by atoms with Crippen LogP contribution in [0.5, 0.6) is 0 Å². The monoisotopic (exact) mass is 297 g/mol. The van der Waals surface area contributed by atoms with Gasteiger partial charge in [0.05, 0.1) is 5.92 Å². The van der Waals surface area contributed by atoms with Crippen LogP contribution in [0.1, 0.15) is 32.3 Å². The highest BCUT2D eigenvalue weighted by Gasteiger charge is 2.21. The van der Waals surface area contributed by atoms with Gasteiger partial charge in [0.15, 0.2) is 0 Å². The summed E-state index contributed by atoms with van der Waals surface area (Å²) < 4.78 is 0. The summed E-state index contributed by atoms with van der Waals surface area (Å²) in [7, 11) is 0. The molecule has 20 heavy (non-hydrogen) atoms. The summed E-state index contributed by atoms with van der Waals surface area (Å²) in [5.74, 6) is -1.63. The largest absolute Gasteiger partial charge is 0.481 e. The second-order valence-corrected chi connectivity index (χ2v) is 5.33. The van der Waals surface area contributed by atoms with Crippen LogP contribution < -0.4 is 4.90 Å². The van der Waals surface area contributed by atoms with E-state index in [2.05, 4.69) is 0 Å². The molecule has 5 heteroatoms. The van der Waals surface area contributed by atoms with Gasteiger partial charge in [0, 0.05) is 23.7 Å². The first-order chi connectivity index (χ1) is 9.36. The topological polar surface area (TPSA) is 57.6 Å². The summed E-state index contributed by atoms with van der Waals surface area (Å²) in [4.78, 5) is 24.7. The Morgan fingerprint density at radius 3 is 2.55 bits per heavy atom. The van der Waals surface area contributed by atoms with Crippen LogP contribution in [-0.4, -0.2) is 23.5 Å². The summed E-state index contributed by atoms with van der Waals surface area (Å²) in [6.07, 6.45) is 1.11. The standard InChI is InChI=1S/C15H20ClNO3/c1-4-5-14(18)17(9-11(3)15(19)20)12-7-6-10(2)13(16)8-12/h6-8,11H,4-5,9H2,1-3H3,(H,19,20). The number of benzene rings is 1. The molecule has 1 N–H and O–H groups in total. The van der Waals surface area contributed by atoms with Gasteiger partial charge >= 0.3 is 5.97 Å². The van der Waals surface area contributed by atoms with Crippen LogP contribution in [0.25, 0.3) is 0 Å². The van der Waals surface area contributed by atoms with Gasteiger partial charge in [-0.2, -0.15) is 0 Å². The molecule has 1 amide bonds. The summed E-state index contributed by atoms with van der Waals surface area (Å²) >= 11 is 6.08. The maximum Gasteiger partial charge on any atom is 0.308 e. The molecular weight excluding hydrogens is 278 g/mol. The zero-order chi connectivity index (χ0) is 15.3. The quantitative estimate of drug-likeness (QED) is 0.874. The van der Waals surface area contributed by atoms with Crippen LogP contribution in [0, 0.1) is 12.8 Å². The van der Waals surface area contributed by atoms with Crippen LogP contribution in [0.2, 0.25) is 5.02 Å². The van der Waals surface area contributed by atoms with Gasteiger partial charge in [-0.1, -0.05) is 31.5 Å². The lowest BCUT2D eigenvalue weighted by Gasteiger charge is -2.25. The lowest BCUT2D eigenvalue weighted by Crippen LogP contribution is -2.36. The summed E-state index contributed by atoms with van der Waals surface area (Å²) in [5, 5.41) is 9.59. The Morgan fingerprint density at radius 1 is 1.40 bits per heavy atom. The lowest BCUT2D eigenvalue weighted by atomic mass is 10.1. The van der Waals surface area contributed by atoms with Crippen molar-refractivity contribution in [1.29, 1.82) is 0 Å². The number of hydrogen-bond donors (Lipinski definition) is 1. The molecule has 110 valence electrons. The fourth-order valence-electron chi connectivity index (χ4n) is 1.80. The van der Waals surface area contributed by atoms with Crippen molar-refractivity contribution in [2.24, 2.45) is 5.92 Å². The number of carbonyl (C=O) groups excluding carboxylic acids is 1. The van der Waals surface area contributed by atoms with Crippen LogP contribution >= 0.6 is 11.6 Å². The third-order valence-electron chi connectivity index (χ3n) is 3.11. The Morgan fingerprint density at radius 2 is 2.05 bits per heavy atom. The number of amides is 1. The first-order valence-electron chi connectivity index (χ1n) is 6.66. The number of carboxylic acid groups (broad SMARTS) is 1. The fourth-order valence-corrected chi connectivity index (χ4v) is 1.98. The molecule has 0 radical (unpaired) electrons. The SMILES string of the molecule is CCCC(=O)N(CC(C)C(=O)O)c1ccc(C)c(Cl)c1. The van der Waals surface area contributed by atoms with Gasteiger partial charge in [-0.05, 0) is 31.0 Å². The number of nitrogens with zero attached hydrogens (tertiary/aromatic N) is 1. The number of halogens is 1. The third-order valence-corrected chi connectivity index (χ3v) is 3.52. The first-order valence-corrected chi connectivity index (χ1v) is 7.04. The molecular formula is C15H20ClNO3. The van der Waals surface area contributed by atoms with Gasteiger partial charge in [0.1, 0.15) is 0 Å². The third kappa shape index (κ3) is 4.23. The number of aliphatic carboxylic acids is 1. The Bertz CT molecular complexity index is 502. The van der Waals surface area contributed by atoms with E-state index in [9.17, 15) is 9.59 Å². The average molecular weight is 298 g/mol. The zero-order valence-corrected chi connectivity index (χ0v) is 12.8. The van der Waals surface area contributed by atoms with Gasteiger partial charge in [-0.25, -0.2) is 0 Å². The highest BCUT2D eigenvalue weighted by molar-refractivity contribution is 6.31. The fraction of sp³-hybridized carbons (Fsp3) is 0.467. The van der Waals surface area contributed by atoms with Crippen LogP contribution in [0.3, 0.4) is 0 Å². The van der Waals surface area contributed by atoms with Crippen molar-refractivity contribution in [2.75, 3.05) is 11.4 Å². The van der Waals surface area contributed by atoms with Crippen molar-refractivity contribution < 1.29 is 14.7 Å². The predicted octanol–water partition coefficient (Wildman–Crippen LogP) is 3.50. The zero-order valence-electron chi connectivity index (χ0n) is 12.0.